The van der Waals surface area contributed by atoms with Gasteiger partial charge >= 0.3 is 0 Å². The number of rotatable bonds is 5. The van der Waals surface area contributed by atoms with Crippen LogP contribution in [0.5, 0.6) is 0 Å². The third-order valence-electron chi connectivity index (χ3n) is 6.67. The van der Waals surface area contributed by atoms with E-state index in [4.69, 9.17) is 4.98 Å². The molecular weight excluding hydrogens is 370 g/mol. The molecule has 5 rings (SSSR count). The van der Waals surface area contributed by atoms with Crippen molar-refractivity contribution in [3.8, 4) is 0 Å². The molecule has 0 aromatic carbocycles. The van der Waals surface area contributed by atoms with Gasteiger partial charge in [-0.25, -0.2) is 9.97 Å². The highest BCUT2D eigenvalue weighted by Gasteiger charge is 2.26. The topological polar surface area (TPSA) is 35.5 Å². The second-order valence-electron chi connectivity index (χ2n) is 8.83. The van der Waals surface area contributed by atoms with Gasteiger partial charge in [-0.05, 0) is 61.8 Å². The number of piperazine rings is 1. The van der Waals surface area contributed by atoms with E-state index in [-0.39, 0.29) is 0 Å². The first kappa shape index (κ1) is 19.2. The van der Waals surface area contributed by atoms with Crippen LogP contribution in [0.4, 0.5) is 11.6 Å². The Kier molecular flexibility index (Phi) is 4.97. The third-order valence-corrected chi connectivity index (χ3v) is 6.67. The first-order valence-corrected chi connectivity index (χ1v) is 11.2. The van der Waals surface area contributed by atoms with Gasteiger partial charge in [0.25, 0.3) is 0 Å². The van der Waals surface area contributed by atoms with Gasteiger partial charge in [0.1, 0.15) is 11.6 Å². The smallest absolute Gasteiger partial charge is 0.132 e. The normalized spacial score (nSPS) is 19.5. The van der Waals surface area contributed by atoms with Crippen molar-refractivity contribution >= 4 is 17.3 Å². The molecule has 5 heteroatoms. The van der Waals surface area contributed by atoms with Crippen LogP contribution in [0.3, 0.4) is 0 Å². The molecule has 2 saturated heterocycles. The molecule has 0 amide bonds. The zero-order valence-electron chi connectivity index (χ0n) is 18.0. The molecule has 3 fully saturated rings. The number of aryl methyl sites for hydroxylation is 1. The van der Waals surface area contributed by atoms with Crippen LogP contribution < -0.4 is 9.80 Å². The molecule has 0 N–H and O–H groups in total. The Morgan fingerprint density at radius 2 is 1.83 bits per heavy atom. The number of pyridine rings is 2. The Morgan fingerprint density at radius 3 is 2.43 bits per heavy atom. The maximum Gasteiger partial charge on any atom is 0.132 e. The summed E-state index contributed by atoms with van der Waals surface area (Å²) >= 11 is 0. The lowest BCUT2D eigenvalue weighted by Gasteiger charge is -2.38. The van der Waals surface area contributed by atoms with E-state index in [0.29, 0.717) is 0 Å². The first-order valence-electron chi connectivity index (χ1n) is 11.2. The summed E-state index contributed by atoms with van der Waals surface area (Å²) < 4.78 is 0. The Balaban J connectivity index is 1.21. The van der Waals surface area contributed by atoms with Gasteiger partial charge in [-0.3, -0.25) is 0 Å². The van der Waals surface area contributed by atoms with Gasteiger partial charge < -0.3 is 14.7 Å². The van der Waals surface area contributed by atoms with Crippen LogP contribution >= 0.6 is 0 Å². The van der Waals surface area contributed by atoms with Gasteiger partial charge in [0.15, 0.2) is 0 Å². The second kappa shape index (κ2) is 7.78. The Morgan fingerprint density at radius 1 is 1.03 bits per heavy atom. The molecule has 1 saturated carbocycles. The molecule has 30 heavy (non-hydrogen) atoms. The fourth-order valence-electron chi connectivity index (χ4n) is 4.66. The molecule has 0 unspecified atom stereocenters. The van der Waals surface area contributed by atoms with Crippen LogP contribution in [0, 0.1) is 6.92 Å². The van der Waals surface area contributed by atoms with E-state index >= 15 is 0 Å². The van der Waals surface area contributed by atoms with Crippen LogP contribution in [-0.4, -0.2) is 47.6 Å². The zero-order valence-corrected chi connectivity index (χ0v) is 18.0. The molecule has 2 aromatic rings. The minimum Gasteiger partial charge on any atom is -0.368 e. The monoisotopic (exact) mass is 401 g/mol. The van der Waals surface area contributed by atoms with Gasteiger partial charge in [0, 0.05) is 62.1 Å². The zero-order chi connectivity index (χ0) is 20.7. The van der Waals surface area contributed by atoms with Crippen LogP contribution in [0.1, 0.15) is 48.3 Å². The molecule has 2 aromatic heterocycles. The maximum absolute atomic E-state index is 4.81. The Labute approximate surface area is 179 Å². The summed E-state index contributed by atoms with van der Waals surface area (Å²) in [6.07, 6.45) is 8.92. The molecule has 0 bridgehead atoms. The summed E-state index contributed by atoms with van der Waals surface area (Å²) in [4.78, 5) is 16.5. The van der Waals surface area contributed by atoms with Crippen molar-refractivity contribution in [3.05, 3.63) is 66.1 Å². The average Bonchev–Trinajstić information content (AvgIpc) is 3.54. The van der Waals surface area contributed by atoms with Crippen molar-refractivity contribution in [2.24, 2.45) is 0 Å². The highest BCUT2D eigenvalue weighted by atomic mass is 15.3. The molecule has 0 radical (unpaired) electrons. The van der Waals surface area contributed by atoms with Crippen LogP contribution in [0.25, 0.3) is 5.70 Å². The number of aromatic nitrogens is 2. The van der Waals surface area contributed by atoms with E-state index < -0.39 is 0 Å². The van der Waals surface area contributed by atoms with E-state index in [1.165, 1.54) is 29.7 Å². The van der Waals surface area contributed by atoms with Crippen LogP contribution in [0.15, 0.2) is 49.4 Å². The molecule has 5 nitrogen and oxygen atoms in total. The molecule has 3 aliphatic rings. The van der Waals surface area contributed by atoms with E-state index in [0.717, 1.165) is 74.4 Å². The van der Waals surface area contributed by atoms with Crippen LogP contribution in [-0.2, 0) is 0 Å². The minimum atomic E-state index is 0.758. The summed E-state index contributed by atoms with van der Waals surface area (Å²) in [5.74, 6) is 2.89. The second-order valence-corrected chi connectivity index (χ2v) is 8.83. The lowest BCUT2D eigenvalue weighted by molar-refractivity contribution is 0.366. The molecule has 0 atom stereocenters. The van der Waals surface area contributed by atoms with Gasteiger partial charge in [-0.2, -0.15) is 0 Å². The van der Waals surface area contributed by atoms with Crippen molar-refractivity contribution in [2.45, 2.75) is 38.5 Å². The van der Waals surface area contributed by atoms with Gasteiger partial charge in [-0.1, -0.05) is 19.2 Å². The van der Waals surface area contributed by atoms with Crippen LogP contribution in [0.2, 0.25) is 0 Å². The van der Waals surface area contributed by atoms with E-state index in [1.807, 2.05) is 6.20 Å². The SMILES string of the molecule is C=C(c1ccc(N2CCCC2=C)nc1)N1CCN(c2ncc(C3CC3)cc2C)CC1. The van der Waals surface area contributed by atoms with Crippen molar-refractivity contribution < 1.29 is 0 Å². The Hall–Kier alpha value is -2.82. The molecule has 0 spiro atoms. The van der Waals surface area contributed by atoms with E-state index in [9.17, 15) is 0 Å². The van der Waals surface area contributed by atoms with E-state index in [2.05, 4.69) is 64.2 Å². The fraction of sp³-hybridized carbons (Fsp3) is 0.440. The van der Waals surface area contributed by atoms with Crippen molar-refractivity contribution in [3.63, 3.8) is 0 Å². The predicted molar refractivity (Wildman–Crippen MR) is 124 cm³/mol. The Bertz CT molecular complexity index is 952. The highest BCUT2D eigenvalue weighted by molar-refractivity contribution is 5.63. The number of allylic oxidation sites excluding steroid dienone is 1. The maximum atomic E-state index is 4.81. The number of hydrogen-bond acceptors (Lipinski definition) is 5. The average molecular weight is 402 g/mol. The standard InChI is InChI=1S/C25H31N5/c1-18-15-23(21-6-7-21)17-27-25(18)29-13-11-28(12-14-29)20(3)22-8-9-24(26-16-22)30-10-4-5-19(30)2/h8-9,15-17,21H,2-7,10-14H2,1H3. The van der Waals surface area contributed by atoms with Crippen molar-refractivity contribution in [2.75, 3.05) is 42.5 Å². The largest absolute Gasteiger partial charge is 0.368 e. The van der Waals surface area contributed by atoms with Crippen molar-refractivity contribution in [1.29, 1.82) is 0 Å². The molecule has 156 valence electrons. The summed E-state index contributed by atoms with van der Waals surface area (Å²) in [6, 6.07) is 6.58. The fourth-order valence-corrected chi connectivity index (χ4v) is 4.66. The molecule has 2 aliphatic heterocycles. The highest BCUT2D eigenvalue weighted by Crippen LogP contribution is 2.40. The lowest BCUT2D eigenvalue weighted by atomic mass is 10.1. The summed E-state index contributed by atoms with van der Waals surface area (Å²) in [6.45, 7) is 15.6. The lowest BCUT2D eigenvalue weighted by Crippen LogP contribution is -2.45. The third kappa shape index (κ3) is 3.69. The summed E-state index contributed by atoms with van der Waals surface area (Å²) in [7, 11) is 0. The predicted octanol–water partition coefficient (Wildman–Crippen LogP) is 4.57. The van der Waals surface area contributed by atoms with Gasteiger partial charge in [-0.15, -0.1) is 0 Å². The minimum absolute atomic E-state index is 0.758. The molecule has 4 heterocycles. The quantitative estimate of drug-likeness (QED) is 0.733. The first-order chi connectivity index (χ1) is 14.6. The molecule has 1 aliphatic carbocycles. The number of hydrogen-bond donors (Lipinski definition) is 0. The van der Waals surface area contributed by atoms with E-state index in [1.54, 1.807) is 0 Å². The summed E-state index contributed by atoms with van der Waals surface area (Å²) in [5.41, 5.74) is 6.04. The van der Waals surface area contributed by atoms with Gasteiger partial charge in [0.2, 0.25) is 0 Å². The molecular formula is C25H31N5. The number of anilines is 2. The van der Waals surface area contributed by atoms with Crippen molar-refractivity contribution in [1.82, 2.24) is 14.9 Å². The number of nitrogens with zero attached hydrogens (tertiary/aromatic N) is 5. The van der Waals surface area contributed by atoms with Gasteiger partial charge in [0.05, 0.1) is 0 Å². The summed E-state index contributed by atoms with van der Waals surface area (Å²) in [5, 5.41) is 0.